The first-order valence-corrected chi connectivity index (χ1v) is 9.38. The molecule has 0 atom stereocenters. The minimum absolute atomic E-state index is 0.00260. The highest BCUT2D eigenvalue weighted by Gasteiger charge is 2.04. The maximum Gasteiger partial charge on any atom is 0.234 e. The molecule has 0 heterocycles. The van der Waals surface area contributed by atoms with E-state index in [1.54, 1.807) is 0 Å². The molecule has 3 nitrogen and oxygen atoms in total. The zero-order valence-electron chi connectivity index (χ0n) is 14.4. The second-order valence-corrected chi connectivity index (χ2v) is 6.78. The molecule has 0 radical (unpaired) electrons. The summed E-state index contributed by atoms with van der Waals surface area (Å²) in [4.78, 5) is 13.1. The Balaban J connectivity index is 1.74. The lowest BCUT2D eigenvalue weighted by atomic mass is 10.2. The molecule has 0 fully saturated rings. The Morgan fingerprint density at radius 3 is 2.42 bits per heavy atom. The largest absolute Gasteiger partial charge is 0.494 e. The molecule has 24 heavy (non-hydrogen) atoms. The number of hydrogen-bond acceptors (Lipinski definition) is 3. The molecule has 0 bridgehead atoms. The molecule has 0 aliphatic heterocycles. The van der Waals surface area contributed by atoms with Crippen LogP contribution in [0.25, 0.3) is 0 Å². The van der Waals surface area contributed by atoms with E-state index in [-0.39, 0.29) is 5.91 Å². The highest BCUT2D eigenvalue weighted by molar-refractivity contribution is 8.00. The molecular formula is C20H25NO2S. The van der Waals surface area contributed by atoms with Crippen molar-refractivity contribution in [3.05, 3.63) is 54.1 Å². The molecule has 128 valence electrons. The number of nitrogens with one attached hydrogen (secondary N) is 1. The number of carbonyl (C=O) groups is 1. The Morgan fingerprint density at radius 2 is 1.75 bits per heavy atom. The molecule has 0 aliphatic carbocycles. The van der Waals surface area contributed by atoms with Crippen molar-refractivity contribution in [2.75, 3.05) is 17.7 Å². The predicted molar refractivity (Wildman–Crippen MR) is 102 cm³/mol. The highest BCUT2D eigenvalue weighted by atomic mass is 32.2. The molecule has 0 aliphatic rings. The molecule has 2 rings (SSSR count). The average Bonchev–Trinajstić information content (AvgIpc) is 2.60. The number of amides is 1. The topological polar surface area (TPSA) is 38.3 Å². The van der Waals surface area contributed by atoms with Crippen LogP contribution >= 0.6 is 11.8 Å². The van der Waals surface area contributed by atoms with Gasteiger partial charge in [-0.2, -0.15) is 0 Å². The molecule has 4 heteroatoms. The first-order chi connectivity index (χ1) is 11.7. The number of unbranched alkanes of at least 4 members (excludes halogenated alkanes) is 2. The third kappa shape index (κ3) is 6.67. The Labute approximate surface area is 148 Å². The fourth-order valence-electron chi connectivity index (χ4n) is 2.16. The van der Waals surface area contributed by atoms with Crippen molar-refractivity contribution in [1.29, 1.82) is 0 Å². The molecule has 0 saturated heterocycles. The van der Waals surface area contributed by atoms with Gasteiger partial charge in [0.1, 0.15) is 5.75 Å². The van der Waals surface area contributed by atoms with Crippen molar-refractivity contribution < 1.29 is 9.53 Å². The van der Waals surface area contributed by atoms with Gasteiger partial charge >= 0.3 is 0 Å². The first-order valence-electron chi connectivity index (χ1n) is 8.39. The maximum absolute atomic E-state index is 12.0. The van der Waals surface area contributed by atoms with Crippen molar-refractivity contribution >= 4 is 23.4 Å². The SMILES string of the molecule is CCCCCOc1ccc(NC(=O)CSc2ccc(C)cc2)cc1. The van der Waals surface area contributed by atoms with Crippen molar-refractivity contribution in [3.8, 4) is 5.75 Å². The maximum atomic E-state index is 12.0. The molecule has 1 N–H and O–H groups in total. The minimum Gasteiger partial charge on any atom is -0.494 e. The van der Waals surface area contributed by atoms with Crippen molar-refractivity contribution in [3.63, 3.8) is 0 Å². The number of hydrogen-bond donors (Lipinski definition) is 1. The number of anilines is 1. The Kier molecular flexibility index (Phi) is 7.69. The molecule has 0 aromatic heterocycles. The smallest absolute Gasteiger partial charge is 0.234 e. The third-order valence-corrected chi connectivity index (χ3v) is 4.56. The van der Waals surface area contributed by atoms with Crippen molar-refractivity contribution in [2.45, 2.75) is 38.0 Å². The number of thioether (sulfide) groups is 1. The third-order valence-electron chi connectivity index (χ3n) is 3.55. The van der Waals surface area contributed by atoms with Crippen molar-refractivity contribution in [1.82, 2.24) is 0 Å². The van der Waals surface area contributed by atoms with Gasteiger partial charge in [0.05, 0.1) is 12.4 Å². The summed E-state index contributed by atoms with van der Waals surface area (Å²) in [6, 6.07) is 15.7. The number of aryl methyl sites for hydroxylation is 1. The van der Waals surface area contributed by atoms with Gasteiger partial charge in [-0.05, 0) is 49.7 Å². The van der Waals surface area contributed by atoms with Crippen LogP contribution in [0.4, 0.5) is 5.69 Å². The zero-order valence-corrected chi connectivity index (χ0v) is 15.2. The van der Waals surface area contributed by atoms with E-state index in [1.807, 2.05) is 36.4 Å². The number of carbonyl (C=O) groups excluding carboxylic acids is 1. The fourth-order valence-corrected chi connectivity index (χ4v) is 2.86. The monoisotopic (exact) mass is 343 g/mol. The van der Waals surface area contributed by atoms with Crippen LogP contribution in [0.15, 0.2) is 53.4 Å². The highest BCUT2D eigenvalue weighted by Crippen LogP contribution is 2.20. The van der Waals surface area contributed by atoms with Crippen LogP contribution in [0.3, 0.4) is 0 Å². The molecule has 0 saturated carbocycles. The molecule has 0 spiro atoms. The van der Waals surface area contributed by atoms with E-state index in [0.717, 1.165) is 29.4 Å². The van der Waals surface area contributed by atoms with Gasteiger partial charge in [0.25, 0.3) is 0 Å². The van der Waals surface area contributed by atoms with Crippen LogP contribution < -0.4 is 10.1 Å². The molecule has 2 aromatic rings. The second kappa shape index (κ2) is 10.0. The summed E-state index contributed by atoms with van der Waals surface area (Å²) >= 11 is 1.54. The first kappa shape index (κ1) is 18.4. The van der Waals surface area contributed by atoms with Crippen LogP contribution in [0.2, 0.25) is 0 Å². The zero-order chi connectivity index (χ0) is 17.2. The number of rotatable bonds is 9. The van der Waals surface area contributed by atoms with Gasteiger partial charge < -0.3 is 10.1 Å². The van der Waals surface area contributed by atoms with E-state index in [1.165, 1.54) is 30.2 Å². The minimum atomic E-state index is -0.00260. The lowest BCUT2D eigenvalue weighted by Crippen LogP contribution is -2.13. The van der Waals surface area contributed by atoms with Gasteiger partial charge in [-0.15, -0.1) is 11.8 Å². The van der Waals surface area contributed by atoms with Crippen molar-refractivity contribution in [2.24, 2.45) is 0 Å². The van der Waals surface area contributed by atoms with Crippen LogP contribution in [-0.2, 0) is 4.79 Å². The summed E-state index contributed by atoms with van der Waals surface area (Å²) in [6.45, 7) is 4.97. The van der Waals surface area contributed by atoms with Gasteiger partial charge in [0.15, 0.2) is 0 Å². The van der Waals surface area contributed by atoms with Crippen LogP contribution in [0.1, 0.15) is 31.7 Å². The molecule has 2 aromatic carbocycles. The lowest BCUT2D eigenvalue weighted by Gasteiger charge is -2.08. The van der Waals surface area contributed by atoms with Crippen LogP contribution in [0.5, 0.6) is 5.75 Å². The Hall–Kier alpha value is -1.94. The summed E-state index contributed by atoms with van der Waals surface area (Å²) in [5, 5.41) is 2.91. The van der Waals surface area contributed by atoms with Gasteiger partial charge in [0, 0.05) is 10.6 Å². The van der Waals surface area contributed by atoms with Crippen LogP contribution in [-0.4, -0.2) is 18.3 Å². The van der Waals surface area contributed by atoms with E-state index >= 15 is 0 Å². The summed E-state index contributed by atoms with van der Waals surface area (Å²) in [5.41, 5.74) is 2.02. The van der Waals surface area contributed by atoms with E-state index in [0.29, 0.717) is 5.75 Å². The molecule has 0 unspecified atom stereocenters. The van der Waals surface area contributed by atoms with E-state index in [4.69, 9.17) is 4.74 Å². The fraction of sp³-hybridized carbons (Fsp3) is 0.350. The van der Waals surface area contributed by atoms with E-state index < -0.39 is 0 Å². The molecular weight excluding hydrogens is 318 g/mol. The second-order valence-electron chi connectivity index (χ2n) is 5.73. The number of benzene rings is 2. The van der Waals surface area contributed by atoms with Gasteiger partial charge in [-0.25, -0.2) is 0 Å². The predicted octanol–water partition coefficient (Wildman–Crippen LogP) is 5.29. The lowest BCUT2D eigenvalue weighted by molar-refractivity contribution is -0.113. The normalized spacial score (nSPS) is 10.4. The number of ether oxygens (including phenoxy) is 1. The summed E-state index contributed by atoms with van der Waals surface area (Å²) in [6.07, 6.45) is 3.45. The standard InChI is InChI=1S/C20H25NO2S/c1-3-4-5-14-23-18-10-8-17(9-11-18)21-20(22)15-24-19-12-6-16(2)7-13-19/h6-13H,3-5,14-15H2,1-2H3,(H,21,22). The Bertz CT molecular complexity index is 623. The van der Waals surface area contributed by atoms with E-state index in [2.05, 4.69) is 31.3 Å². The van der Waals surface area contributed by atoms with Gasteiger partial charge in [0.2, 0.25) is 5.91 Å². The average molecular weight is 343 g/mol. The van der Waals surface area contributed by atoms with Crippen LogP contribution in [0, 0.1) is 6.92 Å². The molecule has 1 amide bonds. The summed E-state index contributed by atoms with van der Waals surface area (Å²) in [7, 11) is 0. The van der Waals surface area contributed by atoms with Gasteiger partial charge in [-0.1, -0.05) is 37.5 Å². The summed E-state index contributed by atoms with van der Waals surface area (Å²) < 4.78 is 5.67. The Morgan fingerprint density at radius 1 is 1.04 bits per heavy atom. The van der Waals surface area contributed by atoms with E-state index in [9.17, 15) is 4.79 Å². The van der Waals surface area contributed by atoms with Gasteiger partial charge in [-0.3, -0.25) is 4.79 Å². The quantitative estimate of drug-likeness (QED) is 0.496. The summed E-state index contributed by atoms with van der Waals surface area (Å²) in [5.74, 6) is 1.24.